The Kier molecular flexibility index (Phi) is 4.09. The van der Waals surface area contributed by atoms with E-state index in [-0.39, 0.29) is 5.56 Å². The molecule has 6 heteroatoms. The number of nitrogens with zero attached hydrogens (tertiary/aromatic N) is 1. The van der Waals surface area contributed by atoms with E-state index in [0.717, 1.165) is 12.1 Å². The molecule has 1 rings (SSSR count). The minimum atomic E-state index is -0.843. The minimum absolute atomic E-state index is 0.212. The maximum atomic E-state index is 13.2. The van der Waals surface area contributed by atoms with Gasteiger partial charge in [0.15, 0.2) is 5.82 Å². The van der Waals surface area contributed by atoms with Crippen molar-refractivity contribution in [2.75, 3.05) is 11.6 Å². The number of rotatable bonds is 2. The van der Waals surface area contributed by atoms with Gasteiger partial charge in [-0.15, -0.1) is 11.6 Å². The average Bonchev–Trinajstić information content (AvgIpc) is 2.23. The van der Waals surface area contributed by atoms with Crippen LogP contribution in [0.25, 0.3) is 0 Å². The molecular formula is C10H8ClFN2O2. The van der Waals surface area contributed by atoms with Crippen molar-refractivity contribution in [2.45, 2.75) is 6.42 Å². The Morgan fingerprint density at radius 3 is 2.81 bits per heavy atom. The Morgan fingerprint density at radius 1 is 1.56 bits per heavy atom. The first-order chi connectivity index (χ1) is 7.56. The SMILES string of the molecule is Nc1c(F)cc(C#CCCCl)cc1[N+](=O)[O-]. The summed E-state index contributed by atoms with van der Waals surface area (Å²) in [5.74, 6) is 4.74. The summed E-state index contributed by atoms with van der Waals surface area (Å²) in [5, 5.41) is 10.5. The molecule has 16 heavy (non-hydrogen) atoms. The normalized spacial score (nSPS) is 9.38. The summed E-state index contributed by atoms with van der Waals surface area (Å²) >= 11 is 5.40. The number of nitro benzene ring substituents is 1. The molecular weight excluding hydrogens is 235 g/mol. The van der Waals surface area contributed by atoms with Crippen molar-refractivity contribution in [3.8, 4) is 11.8 Å². The highest BCUT2D eigenvalue weighted by Gasteiger charge is 2.16. The first-order valence-corrected chi connectivity index (χ1v) is 4.88. The van der Waals surface area contributed by atoms with Crippen molar-refractivity contribution in [3.05, 3.63) is 33.6 Å². The Balaban J connectivity index is 3.15. The Bertz CT molecular complexity index is 480. The van der Waals surface area contributed by atoms with Gasteiger partial charge in [0.25, 0.3) is 5.69 Å². The molecule has 0 unspecified atom stereocenters. The highest BCUT2D eigenvalue weighted by atomic mass is 35.5. The van der Waals surface area contributed by atoms with Gasteiger partial charge in [0.05, 0.1) is 4.92 Å². The molecule has 0 aromatic heterocycles. The van der Waals surface area contributed by atoms with Crippen LogP contribution in [0.5, 0.6) is 0 Å². The number of anilines is 1. The van der Waals surface area contributed by atoms with Gasteiger partial charge in [0, 0.05) is 23.9 Å². The van der Waals surface area contributed by atoms with Crippen LogP contribution >= 0.6 is 11.6 Å². The Morgan fingerprint density at radius 2 is 2.25 bits per heavy atom. The first kappa shape index (κ1) is 12.3. The van der Waals surface area contributed by atoms with E-state index in [1.807, 2.05) is 0 Å². The van der Waals surface area contributed by atoms with Gasteiger partial charge in [-0.2, -0.15) is 0 Å². The third-order valence-electron chi connectivity index (χ3n) is 1.76. The lowest BCUT2D eigenvalue weighted by Crippen LogP contribution is -1.99. The lowest BCUT2D eigenvalue weighted by atomic mass is 10.1. The number of hydrogen-bond acceptors (Lipinski definition) is 3. The highest BCUT2D eigenvalue weighted by molar-refractivity contribution is 6.18. The lowest BCUT2D eigenvalue weighted by molar-refractivity contribution is -0.384. The Labute approximate surface area is 96.4 Å². The topological polar surface area (TPSA) is 69.2 Å². The maximum absolute atomic E-state index is 13.2. The second kappa shape index (κ2) is 5.33. The highest BCUT2D eigenvalue weighted by Crippen LogP contribution is 2.25. The zero-order valence-electron chi connectivity index (χ0n) is 8.17. The van der Waals surface area contributed by atoms with E-state index in [0.29, 0.717) is 12.3 Å². The number of nitrogens with two attached hydrogens (primary N) is 1. The fourth-order valence-electron chi connectivity index (χ4n) is 1.04. The third-order valence-corrected chi connectivity index (χ3v) is 1.95. The van der Waals surface area contributed by atoms with Crippen LogP contribution in [0, 0.1) is 27.8 Å². The third kappa shape index (κ3) is 2.84. The molecule has 0 saturated carbocycles. The predicted molar refractivity (Wildman–Crippen MR) is 59.7 cm³/mol. The second-order valence-electron chi connectivity index (χ2n) is 2.89. The molecule has 0 spiro atoms. The number of benzene rings is 1. The summed E-state index contributed by atoms with van der Waals surface area (Å²) < 4.78 is 13.2. The van der Waals surface area contributed by atoms with Crippen LogP contribution in [0.15, 0.2) is 12.1 Å². The molecule has 84 valence electrons. The number of hydrogen-bond donors (Lipinski definition) is 1. The molecule has 0 fully saturated rings. The molecule has 1 aromatic carbocycles. The second-order valence-corrected chi connectivity index (χ2v) is 3.27. The van der Waals surface area contributed by atoms with Gasteiger partial charge in [-0.25, -0.2) is 4.39 Å². The van der Waals surface area contributed by atoms with Crippen molar-refractivity contribution in [1.82, 2.24) is 0 Å². The fourth-order valence-corrected chi connectivity index (χ4v) is 1.13. The van der Waals surface area contributed by atoms with Gasteiger partial charge in [-0.05, 0) is 6.07 Å². The van der Waals surface area contributed by atoms with E-state index in [2.05, 4.69) is 11.8 Å². The zero-order valence-corrected chi connectivity index (χ0v) is 8.92. The molecule has 0 aliphatic rings. The number of nitro groups is 1. The van der Waals surface area contributed by atoms with Crippen molar-refractivity contribution < 1.29 is 9.31 Å². The predicted octanol–water partition coefficient (Wildman–Crippen LogP) is 2.30. The standard InChI is InChI=1S/C10H8ClFN2O2/c11-4-2-1-3-7-5-8(12)10(13)9(6-7)14(15)16/h5-6H,2,4,13H2. The van der Waals surface area contributed by atoms with E-state index < -0.39 is 22.1 Å². The fraction of sp³-hybridized carbons (Fsp3) is 0.200. The number of nitrogen functional groups attached to an aromatic ring is 1. The molecule has 0 saturated heterocycles. The first-order valence-electron chi connectivity index (χ1n) is 4.34. The van der Waals surface area contributed by atoms with Crippen molar-refractivity contribution in [1.29, 1.82) is 0 Å². The van der Waals surface area contributed by atoms with Crippen LogP contribution in [0.4, 0.5) is 15.8 Å². The van der Waals surface area contributed by atoms with Gasteiger partial charge >= 0.3 is 0 Å². The van der Waals surface area contributed by atoms with Crippen LogP contribution in [0.3, 0.4) is 0 Å². The Hall–Kier alpha value is -1.80. The molecule has 0 heterocycles. The van der Waals surface area contributed by atoms with Gasteiger partial charge < -0.3 is 5.73 Å². The minimum Gasteiger partial charge on any atom is -0.391 e. The summed E-state index contributed by atoms with van der Waals surface area (Å²) in [4.78, 5) is 9.80. The van der Waals surface area contributed by atoms with E-state index in [4.69, 9.17) is 17.3 Å². The molecule has 0 atom stereocenters. The van der Waals surface area contributed by atoms with Crippen molar-refractivity contribution in [2.24, 2.45) is 0 Å². The number of alkyl halides is 1. The van der Waals surface area contributed by atoms with Crippen molar-refractivity contribution in [3.63, 3.8) is 0 Å². The smallest absolute Gasteiger partial charge is 0.296 e. The van der Waals surface area contributed by atoms with Gasteiger partial charge in [0.1, 0.15) is 5.69 Å². The van der Waals surface area contributed by atoms with E-state index in [1.165, 1.54) is 0 Å². The van der Waals surface area contributed by atoms with Crippen LogP contribution in [-0.2, 0) is 0 Å². The van der Waals surface area contributed by atoms with Gasteiger partial charge in [-0.3, -0.25) is 10.1 Å². The van der Waals surface area contributed by atoms with E-state index in [1.54, 1.807) is 0 Å². The summed E-state index contributed by atoms with van der Waals surface area (Å²) in [5.41, 5.74) is 4.48. The molecule has 0 bridgehead atoms. The molecule has 4 nitrogen and oxygen atoms in total. The number of halogens is 2. The molecule has 0 aliphatic carbocycles. The van der Waals surface area contributed by atoms with Crippen LogP contribution in [-0.4, -0.2) is 10.8 Å². The zero-order chi connectivity index (χ0) is 12.1. The van der Waals surface area contributed by atoms with Crippen molar-refractivity contribution >= 4 is 23.0 Å². The van der Waals surface area contributed by atoms with E-state index >= 15 is 0 Å². The lowest BCUT2D eigenvalue weighted by Gasteiger charge is -1.99. The molecule has 0 amide bonds. The summed E-state index contributed by atoms with van der Waals surface area (Å²) in [6.45, 7) is 0. The maximum Gasteiger partial charge on any atom is 0.296 e. The molecule has 1 aromatic rings. The van der Waals surface area contributed by atoms with Crippen LogP contribution in [0.1, 0.15) is 12.0 Å². The van der Waals surface area contributed by atoms with Gasteiger partial charge in [0.2, 0.25) is 0 Å². The summed E-state index contributed by atoms with van der Waals surface area (Å²) in [7, 11) is 0. The monoisotopic (exact) mass is 242 g/mol. The van der Waals surface area contributed by atoms with Gasteiger partial charge in [-0.1, -0.05) is 11.8 Å². The summed E-state index contributed by atoms with van der Waals surface area (Å²) in [6, 6.07) is 2.20. The molecule has 0 radical (unpaired) electrons. The average molecular weight is 243 g/mol. The molecule has 0 aliphatic heterocycles. The largest absolute Gasteiger partial charge is 0.391 e. The van der Waals surface area contributed by atoms with Crippen LogP contribution < -0.4 is 5.73 Å². The summed E-state index contributed by atoms with van der Waals surface area (Å²) in [6.07, 6.45) is 0.432. The van der Waals surface area contributed by atoms with Crippen LogP contribution in [0.2, 0.25) is 0 Å². The quantitative estimate of drug-likeness (QED) is 0.284. The molecule has 2 N–H and O–H groups in total. The van der Waals surface area contributed by atoms with E-state index in [9.17, 15) is 14.5 Å².